The second-order valence-corrected chi connectivity index (χ2v) is 2.53. The van der Waals surface area contributed by atoms with Gasteiger partial charge < -0.3 is 10.8 Å². The molecule has 0 radical (unpaired) electrons. The van der Waals surface area contributed by atoms with Crippen LogP contribution in [0.2, 0.25) is 0 Å². The van der Waals surface area contributed by atoms with Crippen molar-refractivity contribution in [2.75, 3.05) is 13.2 Å². The quantitative estimate of drug-likeness (QED) is 0.641. The van der Waals surface area contributed by atoms with Crippen LogP contribution in [0, 0.1) is 0 Å². The average Bonchev–Trinajstić information content (AvgIpc) is 1.98. The lowest BCUT2D eigenvalue weighted by molar-refractivity contribution is -0.130. The van der Waals surface area contributed by atoms with Crippen LogP contribution in [0.25, 0.3) is 0 Å². The van der Waals surface area contributed by atoms with E-state index in [-0.39, 0.29) is 11.6 Å². The number of imide groups is 1. The highest BCUT2D eigenvalue weighted by molar-refractivity contribution is 6.29. The van der Waals surface area contributed by atoms with E-state index in [9.17, 15) is 9.59 Å². The Balaban J connectivity index is 4.33. The van der Waals surface area contributed by atoms with Gasteiger partial charge in [-0.3, -0.25) is 9.69 Å². The summed E-state index contributed by atoms with van der Waals surface area (Å²) < 4.78 is 0. The average molecular weight is 193 g/mol. The summed E-state index contributed by atoms with van der Waals surface area (Å²) >= 11 is 5.34. The molecule has 0 heterocycles. The number of urea groups is 1. The molecule has 0 bridgehead atoms. The van der Waals surface area contributed by atoms with Gasteiger partial charge in [0, 0.05) is 5.03 Å². The van der Waals surface area contributed by atoms with Crippen LogP contribution in [0.3, 0.4) is 0 Å². The number of carbonyl (C=O) groups excluding carboxylic acids is 2. The summed E-state index contributed by atoms with van der Waals surface area (Å²) in [6, 6.07) is -0.962. The van der Waals surface area contributed by atoms with Crippen molar-refractivity contribution < 1.29 is 14.7 Å². The first-order valence-corrected chi connectivity index (χ1v) is 3.40. The zero-order chi connectivity index (χ0) is 9.72. The van der Waals surface area contributed by atoms with E-state index in [0.717, 1.165) is 0 Å². The molecular weight excluding hydrogens is 184 g/mol. The Labute approximate surface area is 74.4 Å². The zero-order valence-electron chi connectivity index (χ0n) is 6.29. The molecule has 68 valence electrons. The number of aliphatic hydroxyl groups excluding tert-OH is 1. The van der Waals surface area contributed by atoms with Gasteiger partial charge in [0.15, 0.2) is 0 Å². The van der Waals surface area contributed by atoms with Crippen LogP contribution in [0.1, 0.15) is 0 Å². The molecule has 5 nitrogen and oxygen atoms in total. The molecule has 0 fully saturated rings. The predicted molar refractivity (Wildman–Crippen MR) is 43.4 cm³/mol. The first-order chi connectivity index (χ1) is 5.49. The molecule has 3 N–H and O–H groups in total. The molecule has 0 unspecified atom stereocenters. The third-order valence-electron chi connectivity index (χ3n) is 1.03. The molecule has 0 atom stereocenters. The molecule has 0 aromatic rings. The summed E-state index contributed by atoms with van der Waals surface area (Å²) in [5.41, 5.74) is 4.82. The first kappa shape index (κ1) is 10.9. The van der Waals surface area contributed by atoms with E-state index in [2.05, 4.69) is 6.58 Å². The molecular formula is C6H9ClN2O3. The van der Waals surface area contributed by atoms with Gasteiger partial charge in [-0.2, -0.15) is 0 Å². The Kier molecular flexibility index (Phi) is 4.31. The molecule has 0 aromatic heterocycles. The molecule has 0 rings (SSSR count). The third-order valence-corrected chi connectivity index (χ3v) is 1.15. The van der Waals surface area contributed by atoms with Crippen LogP contribution in [0.4, 0.5) is 4.79 Å². The van der Waals surface area contributed by atoms with Gasteiger partial charge >= 0.3 is 6.03 Å². The van der Waals surface area contributed by atoms with Crippen LogP contribution in [0.5, 0.6) is 0 Å². The summed E-state index contributed by atoms with van der Waals surface area (Å²) in [4.78, 5) is 21.9. The fourth-order valence-electron chi connectivity index (χ4n) is 0.546. The van der Waals surface area contributed by atoms with Crippen molar-refractivity contribution in [3.05, 3.63) is 11.6 Å². The molecule has 6 heteroatoms. The van der Waals surface area contributed by atoms with Gasteiger partial charge in [-0.15, -0.1) is 0 Å². The van der Waals surface area contributed by atoms with Gasteiger partial charge in [0.1, 0.15) is 6.61 Å². The van der Waals surface area contributed by atoms with Crippen molar-refractivity contribution in [3.63, 3.8) is 0 Å². The molecule has 12 heavy (non-hydrogen) atoms. The molecule has 0 saturated carbocycles. The third kappa shape index (κ3) is 3.36. The lowest BCUT2D eigenvalue weighted by atomic mass is 10.5. The van der Waals surface area contributed by atoms with Crippen LogP contribution in [0.15, 0.2) is 11.6 Å². The summed E-state index contributed by atoms with van der Waals surface area (Å²) in [5, 5.41) is 8.49. The molecule has 0 aromatic carbocycles. The Bertz CT molecular complexity index is 217. The standard InChI is InChI=1S/C6H9ClN2O3/c1-4(7)2-9(6(8)12)5(11)3-10/h10H,1-3H2,(H2,8,12). The maximum atomic E-state index is 10.8. The van der Waals surface area contributed by atoms with E-state index >= 15 is 0 Å². The number of amides is 3. The van der Waals surface area contributed by atoms with Crippen LogP contribution >= 0.6 is 11.6 Å². The highest BCUT2D eigenvalue weighted by Gasteiger charge is 2.17. The lowest BCUT2D eigenvalue weighted by Crippen LogP contribution is -2.42. The van der Waals surface area contributed by atoms with Crippen molar-refractivity contribution in [2.24, 2.45) is 5.73 Å². The number of nitrogens with zero attached hydrogens (tertiary/aromatic N) is 1. The molecule has 0 spiro atoms. The molecule has 0 aliphatic heterocycles. The number of aliphatic hydroxyl groups is 1. The molecule has 3 amide bonds. The second-order valence-electron chi connectivity index (χ2n) is 1.99. The van der Waals surface area contributed by atoms with E-state index in [1.165, 1.54) is 0 Å². The number of carbonyl (C=O) groups is 2. The van der Waals surface area contributed by atoms with Gasteiger partial charge in [-0.05, 0) is 0 Å². The van der Waals surface area contributed by atoms with Crippen LogP contribution < -0.4 is 5.73 Å². The summed E-state index contributed by atoms with van der Waals surface area (Å²) in [5.74, 6) is -0.802. The monoisotopic (exact) mass is 192 g/mol. The molecule has 0 saturated heterocycles. The van der Waals surface area contributed by atoms with Gasteiger partial charge in [-0.25, -0.2) is 4.79 Å². The Morgan fingerprint density at radius 1 is 1.58 bits per heavy atom. The lowest BCUT2D eigenvalue weighted by Gasteiger charge is -2.15. The van der Waals surface area contributed by atoms with E-state index in [1.54, 1.807) is 0 Å². The van der Waals surface area contributed by atoms with E-state index < -0.39 is 18.5 Å². The minimum atomic E-state index is -0.962. The summed E-state index contributed by atoms with van der Waals surface area (Å²) in [7, 11) is 0. The fourth-order valence-corrected chi connectivity index (χ4v) is 0.665. The topological polar surface area (TPSA) is 83.6 Å². The highest BCUT2D eigenvalue weighted by Crippen LogP contribution is 2.01. The fraction of sp³-hybridized carbons (Fsp3) is 0.333. The van der Waals surface area contributed by atoms with E-state index in [1.807, 2.05) is 0 Å². The van der Waals surface area contributed by atoms with Crippen molar-refractivity contribution >= 4 is 23.5 Å². The van der Waals surface area contributed by atoms with Crippen molar-refractivity contribution in [1.29, 1.82) is 0 Å². The maximum absolute atomic E-state index is 10.8. The predicted octanol–water partition coefficient (Wildman–Crippen LogP) is -0.361. The number of rotatable bonds is 3. The van der Waals surface area contributed by atoms with Crippen molar-refractivity contribution in [1.82, 2.24) is 4.90 Å². The number of primary amides is 1. The minimum Gasteiger partial charge on any atom is -0.387 e. The van der Waals surface area contributed by atoms with Gasteiger partial charge in [0.2, 0.25) is 0 Å². The summed E-state index contributed by atoms with van der Waals surface area (Å²) in [6.45, 7) is 2.31. The largest absolute Gasteiger partial charge is 0.387 e. The van der Waals surface area contributed by atoms with Crippen LogP contribution in [-0.2, 0) is 4.79 Å². The summed E-state index contributed by atoms with van der Waals surface area (Å²) in [6.07, 6.45) is 0. The first-order valence-electron chi connectivity index (χ1n) is 3.03. The Morgan fingerprint density at radius 2 is 2.08 bits per heavy atom. The SMILES string of the molecule is C=C(Cl)CN(C(N)=O)C(=O)CO. The zero-order valence-corrected chi connectivity index (χ0v) is 7.04. The number of hydrogen-bond donors (Lipinski definition) is 2. The number of halogens is 1. The van der Waals surface area contributed by atoms with Crippen molar-refractivity contribution in [2.45, 2.75) is 0 Å². The van der Waals surface area contributed by atoms with E-state index in [0.29, 0.717) is 4.90 Å². The maximum Gasteiger partial charge on any atom is 0.321 e. The van der Waals surface area contributed by atoms with Gasteiger partial charge in [-0.1, -0.05) is 18.2 Å². The van der Waals surface area contributed by atoms with Gasteiger partial charge in [0.05, 0.1) is 6.54 Å². The van der Waals surface area contributed by atoms with Gasteiger partial charge in [0.25, 0.3) is 5.91 Å². The van der Waals surface area contributed by atoms with Crippen LogP contribution in [-0.4, -0.2) is 35.1 Å². The molecule has 0 aliphatic rings. The second kappa shape index (κ2) is 4.74. The number of hydrogen-bond acceptors (Lipinski definition) is 3. The highest BCUT2D eigenvalue weighted by atomic mass is 35.5. The Hall–Kier alpha value is -1.07. The van der Waals surface area contributed by atoms with E-state index in [4.69, 9.17) is 22.4 Å². The minimum absolute atomic E-state index is 0.0931. The van der Waals surface area contributed by atoms with Crippen molar-refractivity contribution in [3.8, 4) is 0 Å². The smallest absolute Gasteiger partial charge is 0.321 e. The Morgan fingerprint density at radius 3 is 2.33 bits per heavy atom. The normalized spacial score (nSPS) is 9.17. The molecule has 0 aliphatic carbocycles. The number of nitrogens with two attached hydrogens (primary N) is 1.